The quantitative estimate of drug-likeness (QED) is 0.440. The lowest BCUT2D eigenvalue weighted by atomic mass is 10.1. The molecular weight excluding hydrogens is 409 g/mol. The maximum atomic E-state index is 13.9. The number of nitrogens with one attached hydrogen (secondary N) is 1. The van der Waals surface area contributed by atoms with E-state index >= 15 is 0 Å². The summed E-state index contributed by atoms with van der Waals surface area (Å²) in [4.78, 5) is 21.5. The van der Waals surface area contributed by atoms with Gasteiger partial charge in [0.1, 0.15) is 17.2 Å². The summed E-state index contributed by atoms with van der Waals surface area (Å²) in [5.74, 6) is 0.0740. The van der Waals surface area contributed by atoms with Crippen LogP contribution in [0.15, 0.2) is 77.6 Å². The number of aromatic nitrogens is 4. The second-order valence-corrected chi connectivity index (χ2v) is 7.34. The first-order valence-corrected chi connectivity index (χ1v) is 9.99. The van der Waals surface area contributed by atoms with E-state index in [1.54, 1.807) is 34.9 Å². The molecule has 5 aromatic rings. The fraction of sp³-hybridized carbons (Fsp3) is 0.0833. The summed E-state index contributed by atoms with van der Waals surface area (Å²) in [7, 11) is 0. The van der Waals surface area contributed by atoms with Gasteiger partial charge < -0.3 is 9.84 Å². The summed E-state index contributed by atoms with van der Waals surface area (Å²) in [5.41, 5.74) is 3.75. The molecule has 0 radical (unpaired) electrons. The molecule has 0 fully saturated rings. The maximum Gasteiger partial charge on any atom is 0.274 e. The molecular formula is C24H18FN5O2. The van der Waals surface area contributed by atoms with E-state index in [0.29, 0.717) is 39.9 Å². The highest BCUT2D eigenvalue weighted by molar-refractivity contribution is 6.04. The van der Waals surface area contributed by atoms with Crippen LogP contribution in [0.5, 0.6) is 0 Å². The van der Waals surface area contributed by atoms with E-state index in [0.717, 1.165) is 5.56 Å². The molecule has 0 aliphatic rings. The van der Waals surface area contributed by atoms with Gasteiger partial charge in [-0.1, -0.05) is 35.5 Å². The Bertz CT molecular complexity index is 1440. The van der Waals surface area contributed by atoms with Crippen LogP contribution in [0.4, 0.5) is 10.1 Å². The highest BCUT2D eigenvalue weighted by atomic mass is 19.1. The van der Waals surface area contributed by atoms with Crippen LogP contribution in [0.2, 0.25) is 0 Å². The van der Waals surface area contributed by atoms with Crippen LogP contribution in [0, 0.1) is 12.7 Å². The normalized spacial score (nSPS) is 11.1. The molecule has 8 heteroatoms. The minimum absolute atomic E-state index is 0.222. The molecule has 0 aliphatic heterocycles. The fourth-order valence-electron chi connectivity index (χ4n) is 3.43. The molecule has 158 valence electrons. The predicted octanol–water partition coefficient (Wildman–Crippen LogP) is 4.67. The third-order valence-corrected chi connectivity index (χ3v) is 5.16. The number of benzene rings is 2. The number of anilines is 1. The third kappa shape index (κ3) is 3.74. The van der Waals surface area contributed by atoms with Gasteiger partial charge in [0.15, 0.2) is 5.82 Å². The zero-order valence-corrected chi connectivity index (χ0v) is 17.1. The number of fused-ring (bicyclic) bond motifs is 1. The number of pyridine rings is 1. The van der Waals surface area contributed by atoms with Gasteiger partial charge in [-0.25, -0.2) is 9.37 Å². The van der Waals surface area contributed by atoms with Gasteiger partial charge in [0, 0.05) is 23.9 Å². The number of rotatable bonds is 5. The van der Waals surface area contributed by atoms with Gasteiger partial charge in [0.05, 0.1) is 6.20 Å². The second-order valence-electron chi connectivity index (χ2n) is 7.34. The van der Waals surface area contributed by atoms with E-state index in [1.165, 1.54) is 12.3 Å². The molecule has 7 nitrogen and oxygen atoms in total. The number of carbonyl (C=O) groups excluding carboxylic acids is 1. The third-order valence-electron chi connectivity index (χ3n) is 5.16. The van der Waals surface area contributed by atoms with Crippen molar-refractivity contribution in [2.24, 2.45) is 0 Å². The van der Waals surface area contributed by atoms with Crippen LogP contribution < -0.4 is 5.32 Å². The Morgan fingerprint density at radius 3 is 2.84 bits per heavy atom. The molecule has 0 atom stereocenters. The zero-order valence-electron chi connectivity index (χ0n) is 17.1. The Balaban J connectivity index is 1.39. The maximum absolute atomic E-state index is 13.9. The average Bonchev–Trinajstić information content (AvgIpc) is 3.44. The summed E-state index contributed by atoms with van der Waals surface area (Å²) in [6.45, 7) is 1.89. The number of aryl methyl sites for hydroxylation is 1. The topological polar surface area (TPSA) is 85.3 Å². The predicted molar refractivity (Wildman–Crippen MR) is 117 cm³/mol. The number of imidazole rings is 1. The summed E-state index contributed by atoms with van der Waals surface area (Å²) in [6, 6.07) is 17.5. The van der Waals surface area contributed by atoms with Gasteiger partial charge >= 0.3 is 0 Å². The van der Waals surface area contributed by atoms with Crippen LogP contribution in [0.3, 0.4) is 0 Å². The van der Waals surface area contributed by atoms with Crippen molar-refractivity contribution in [2.75, 3.05) is 5.32 Å². The number of nitrogens with zero attached hydrogens (tertiary/aromatic N) is 4. The first-order valence-electron chi connectivity index (χ1n) is 9.99. The number of hydrogen-bond acceptors (Lipinski definition) is 5. The van der Waals surface area contributed by atoms with Gasteiger partial charge in [-0.05, 0) is 48.4 Å². The summed E-state index contributed by atoms with van der Waals surface area (Å²) >= 11 is 0. The van der Waals surface area contributed by atoms with Crippen molar-refractivity contribution in [3.05, 3.63) is 102 Å². The second kappa shape index (κ2) is 8.07. The van der Waals surface area contributed by atoms with Crippen LogP contribution in [-0.2, 0) is 6.42 Å². The van der Waals surface area contributed by atoms with Crippen molar-refractivity contribution in [1.82, 2.24) is 19.5 Å². The van der Waals surface area contributed by atoms with Crippen LogP contribution in [-0.4, -0.2) is 25.4 Å². The standard InChI is InChI=1S/C24H18FN5O2/c1-15-9-10-17(24-28-21(29-32-24)13-16-6-2-3-7-18(16)25)12-19(15)27-23(31)20-14-26-22-8-4-5-11-30(20)22/h2-12,14H,13H2,1H3,(H,27,31). The Labute approximate surface area is 182 Å². The van der Waals surface area contributed by atoms with Crippen LogP contribution in [0.1, 0.15) is 27.4 Å². The SMILES string of the molecule is Cc1ccc(-c2nc(Cc3ccccc3F)no2)cc1NC(=O)c1cnc2ccccn12. The van der Waals surface area contributed by atoms with Gasteiger partial charge in [-0.15, -0.1) is 0 Å². The lowest BCUT2D eigenvalue weighted by Crippen LogP contribution is -2.15. The van der Waals surface area contributed by atoms with Crippen molar-refractivity contribution in [2.45, 2.75) is 13.3 Å². The first-order chi connectivity index (χ1) is 15.6. The van der Waals surface area contributed by atoms with Crippen molar-refractivity contribution in [1.29, 1.82) is 0 Å². The van der Waals surface area contributed by atoms with E-state index in [-0.39, 0.29) is 18.1 Å². The summed E-state index contributed by atoms with van der Waals surface area (Å²) < 4.78 is 21.0. The van der Waals surface area contributed by atoms with Gasteiger partial charge in [0.2, 0.25) is 0 Å². The molecule has 1 amide bonds. The van der Waals surface area contributed by atoms with Gasteiger partial charge in [0.25, 0.3) is 11.8 Å². The molecule has 32 heavy (non-hydrogen) atoms. The smallest absolute Gasteiger partial charge is 0.274 e. The molecule has 0 spiro atoms. The Morgan fingerprint density at radius 1 is 1.12 bits per heavy atom. The summed E-state index contributed by atoms with van der Waals surface area (Å²) in [5, 5.41) is 6.89. The molecule has 0 aliphatic carbocycles. The van der Waals surface area contributed by atoms with Gasteiger partial charge in [-0.2, -0.15) is 4.98 Å². The zero-order chi connectivity index (χ0) is 22.1. The molecule has 0 unspecified atom stereocenters. The number of amides is 1. The number of hydrogen-bond donors (Lipinski definition) is 1. The number of halogens is 1. The summed E-state index contributed by atoms with van der Waals surface area (Å²) in [6.07, 6.45) is 3.55. The first kappa shape index (κ1) is 19.6. The van der Waals surface area contributed by atoms with Crippen molar-refractivity contribution in [3.8, 4) is 11.5 Å². The monoisotopic (exact) mass is 427 g/mol. The van der Waals surface area contributed by atoms with E-state index in [1.807, 2.05) is 37.3 Å². The average molecular weight is 427 g/mol. The highest BCUT2D eigenvalue weighted by Crippen LogP contribution is 2.25. The highest BCUT2D eigenvalue weighted by Gasteiger charge is 2.16. The Morgan fingerprint density at radius 2 is 1.97 bits per heavy atom. The van der Waals surface area contributed by atoms with Crippen LogP contribution >= 0.6 is 0 Å². The molecule has 5 rings (SSSR count). The Kier molecular flexibility index (Phi) is 4.95. The molecule has 3 aromatic heterocycles. The lowest BCUT2D eigenvalue weighted by Gasteiger charge is -2.09. The van der Waals surface area contributed by atoms with Crippen molar-refractivity contribution < 1.29 is 13.7 Å². The fourth-order valence-corrected chi connectivity index (χ4v) is 3.43. The minimum Gasteiger partial charge on any atom is -0.334 e. The molecule has 0 saturated carbocycles. The molecule has 0 saturated heterocycles. The molecule has 3 heterocycles. The van der Waals surface area contributed by atoms with E-state index < -0.39 is 0 Å². The minimum atomic E-state index is -0.313. The number of carbonyl (C=O) groups is 1. The van der Waals surface area contributed by atoms with E-state index in [4.69, 9.17) is 4.52 Å². The molecule has 1 N–H and O–H groups in total. The van der Waals surface area contributed by atoms with E-state index in [9.17, 15) is 9.18 Å². The largest absolute Gasteiger partial charge is 0.334 e. The van der Waals surface area contributed by atoms with Gasteiger partial charge in [-0.3, -0.25) is 9.20 Å². The van der Waals surface area contributed by atoms with Crippen molar-refractivity contribution >= 4 is 17.2 Å². The lowest BCUT2D eigenvalue weighted by molar-refractivity contribution is 0.102. The van der Waals surface area contributed by atoms with Crippen LogP contribution in [0.25, 0.3) is 17.1 Å². The molecule has 0 bridgehead atoms. The van der Waals surface area contributed by atoms with E-state index in [2.05, 4.69) is 20.4 Å². The molecule has 2 aromatic carbocycles. The van der Waals surface area contributed by atoms with Crippen molar-refractivity contribution in [3.63, 3.8) is 0 Å². The Hall–Kier alpha value is -4.33.